The SMILES string of the molecule is C#CCOc1c(Br)cc(/C=N/NC(=O)CN2CCOCC2)cc1OCC. The van der Waals surface area contributed by atoms with Crippen LogP contribution in [0.15, 0.2) is 21.7 Å². The lowest BCUT2D eigenvalue weighted by Crippen LogP contribution is -2.42. The van der Waals surface area contributed by atoms with Gasteiger partial charge in [-0.2, -0.15) is 5.10 Å². The van der Waals surface area contributed by atoms with Gasteiger partial charge in [-0.25, -0.2) is 5.43 Å². The van der Waals surface area contributed by atoms with Gasteiger partial charge in [0.2, 0.25) is 0 Å². The molecule has 0 saturated carbocycles. The molecule has 1 fully saturated rings. The number of amides is 1. The standard InChI is InChI=1S/C18H22BrN3O4/c1-3-7-26-18-15(19)10-14(11-16(18)25-4-2)12-20-21-17(23)13-22-5-8-24-9-6-22/h1,10-12H,4-9,13H2,2H3,(H,21,23)/b20-12+. The van der Waals surface area contributed by atoms with Crippen LogP contribution in [0.25, 0.3) is 0 Å². The maximum absolute atomic E-state index is 11.9. The van der Waals surface area contributed by atoms with Crippen LogP contribution < -0.4 is 14.9 Å². The van der Waals surface area contributed by atoms with E-state index in [0.717, 1.165) is 18.7 Å². The molecule has 0 unspecified atom stereocenters. The predicted molar refractivity (Wildman–Crippen MR) is 103 cm³/mol. The summed E-state index contributed by atoms with van der Waals surface area (Å²) in [7, 11) is 0. The number of rotatable bonds is 8. The zero-order chi connectivity index (χ0) is 18.8. The van der Waals surface area contributed by atoms with E-state index in [2.05, 4.69) is 32.4 Å². The van der Waals surface area contributed by atoms with E-state index in [1.807, 2.05) is 17.9 Å². The van der Waals surface area contributed by atoms with Gasteiger partial charge in [0.05, 0.1) is 37.1 Å². The van der Waals surface area contributed by atoms with Gasteiger partial charge >= 0.3 is 0 Å². The van der Waals surface area contributed by atoms with Crippen molar-refractivity contribution in [2.45, 2.75) is 6.92 Å². The van der Waals surface area contributed by atoms with E-state index < -0.39 is 0 Å². The number of hydrogen-bond acceptors (Lipinski definition) is 6. The fraction of sp³-hybridized carbons (Fsp3) is 0.444. The molecule has 0 spiro atoms. The fourth-order valence-corrected chi connectivity index (χ4v) is 2.93. The van der Waals surface area contributed by atoms with Crippen LogP contribution in [0.2, 0.25) is 0 Å². The molecule has 140 valence electrons. The van der Waals surface area contributed by atoms with E-state index in [1.165, 1.54) is 0 Å². The summed E-state index contributed by atoms with van der Waals surface area (Å²) in [6.07, 6.45) is 6.79. The van der Waals surface area contributed by atoms with Crippen molar-refractivity contribution >= 4 is 28.1 Å². The van der Waals surface area contributed by atoms with Gasteiger partial charge in [0.1, 0.15) is 6.61 Å². The van der Waals surface area contributed by atoms with Crippen molar-refractivity contribution in [1.82, 2.24) is 10.3 Å². The molecule has 1 aliphatic rings. The Morgan fingerprint density at radius 2 is 2.23 bits per heavy atom. The number of ether oxygens (including phenoxy) is 3. The first kappa shape index (κ1) is 20.2. The number of hydrogen-bond donors (Lipinski definition) is 1. The summed E-state index contributed by atoms with van der Waals surface area (Å²) >= 11 is 3.44. The van der Waals surface area contributed by atoms with Crippen LogP contribution in [0.1, 0.15) is 12.5 Å². The summed E-state index contributed by atoms with van der Waals surface area (Å²) in [5, 5.41) is 4.01. The van der Waals surface area contributed by atoms with Gasteiger partial charge < -0.3 is 14.2 Å². The lowest BCUT2D eigenvalue weighted by Gasteiger charge is -2.25. The van der Waals surface area contributed by atoms with Crippen molar-refractivity contribution in [1.29, 1.82) is 0 Å². The topological polar surface area (TPSA) is 72.4 Å². The normalized spacial score (nSPS) is 14.8. The number of hydrazone groups is 1. The van der Waals surface area contributed by atoms with Crippen molar-refractivity contribution in [2.24, 2.45) is 5.10 Å². The molecule has 0 radical (unpaired) electrons. The fourth-order valence-electron chi connectivity index (χ4n) is 2.36. The van der Waals surface area contributed by atoms with Crippen LogP contribution >= 0.6 is 15.9 Å². The number of nitrogens with one attached hydrogen (secondary N) is 1. The molecule has 1 heterocycles. The molecule has 8 heteroatoms. The Morgan fingerprint density at radius 1 is 1.46 bits per heavy atom. The van der Waals surface area contributed by atoms with Gasteiger partial charge in [-0.1, -0.05) is 5.92 Å². The molecule has 1 N–H and O–H groups in total. The number of carbonyl (C=O) groups is 1. The second kappa shape index (κ2) is 10.8. The third-order valence-electron chi connectivity index (χ3n) is 3.51. The van der Waals surface area contributed by atoms with Gasteiger partial charge in [-0.3, -0.25) is 9.69 Å². The van der Waals surface area contributed by atoms with Gasteiger partial charge in [0, 0.05) is 13.1 Å². The van der Waals surface area contributed by atoms with E-state index in [1.54, 1.807) is 12.3 Å². The monoisotopic (exact) mass is 423 g/mol. The van der Waals surface area contributed by atoms with Gasteiger partial charge in [-0.05, 0) is 40.5 Å². The third-order valence-corrected chi connectivity index (χ3v) is 4.09. The zero-order valence-electron chi connectivity index (χ0n) is 14.7. The minimum absolute atomic E-state index is 0.143. The Morgan fingerprint density at radius 3 is 2.92 bits per heavy atom. The number of morpholine rings is 1. The highest BCUT2D eigenvalue weighted by atomic mass is 79.9. The summed E-state index contributed by atoms with van der Waals surface area (Å²) in [5.41, 5.74) is 3.28. The van der Waals surface area contributed by atoms with E-state index in [0.29, 0.717) is 42.3 Å². The van der Waals surface area contributed by atoms with E-state index in [4.69, 9.17) is 20.6 Å². The van der Waals surface area contributed by atoms with E-state index in [9.17, 15) is 4.79 Å². The summed E-state index contributed by atoms with van der Waals surface area (Å²) < 4.78 is 17.1. The van der Waals surface area contributed by atoms with Gasteiger partial charge in [-0.15, -0.1) is 6.42 Å². The maximum atomic E-state index is 11.9. The highest BCUT2D eigenvalue weighted by Crippen LogP contribution is 2.36. The Balaban J connectivity index is 1.97. The van der Waals surface area contributed by atoms with Crippen LogP contribution in [-0.2, 0) is 9.53 Å². The number of terminal acetylenes is 1. The van der Waals surface area contributed by atoms with Crippen LogP contribution in [0.5, 0.6) is 11.5 Å². The molecule has 7 nitrogen and oxygen atoms in total. The van der Waals surface area contributed by atoms with Crippen LogP contribution in [0, 0.1) is 12.3 Å². The minimum Gasteiger partial charge on any atom is -0.490 e. The van der Waals surface area contributed by atoms with Crippen molar-refractivity contribution in [2.75, 3.05) is 46.1 Å². The molecule has 0 aromatic heterocycles. The quantitative estimate of drug-likeness (QED) is 0.390. The highest BCUT2D eigenvalue weighted by molar-refractivity contribution is 9.10. The molecule has 2 rings (SSSR count). The molecule has 0 atom stereocenters. The second-order valence-electron chi connectivity index (χ2n) is 5.44. The van der Waals surface area contributed by atoms with Gasteiger partial charge in [0.25, 0.3) is 5.91 Å². The molecule has 0 bridgehead atoms. The Labute approximate surface area is 161 Å². The molecule has 0 aliphatic carbocycles. The summed E-state index contributed by atoms with van der Waals surface area (Å²) in [4.78, 5) is 14.0. The Hall–Kier alpha value is -2.08. The summed E-state index contributed by atoms with van der Waals surface area (Å²) in [5.74, 6) is 3.35. The van der Waals surface area contributed by atoms with Crippen molar-refractivity contribution in [3.63, 3.8) is 0 Å². The number of carbonyl (C=O) groups excluding carboxylic acids is 1. The summed E-state index contributed by atoms with van der Waals surface area (Å²) in [6.45, 7) is 5.61. The van der Waals surface area contributed by atoms with Crippen LogP contribution in [-0.4, -0.2) is 63.1 Å². The average Bonchev–Trinajstić information content (AvgIpc) is 2.62. The van der Waals surface area contributed by atoms with E-state index >= 15 is 0 Å². The maximum Gasteiger partial charge on any atom is 0.254 e. The molecule has 26 heavy (non-hydrogen) atoms. The van der Waals surface area contributed by atoms with Gasteiger partial charge in [0.15, 0.2) is 11.5 Å². The Kier molecular flexibility index (Phi) is 8.41. The minimum atomic E-state index is -0.166. The number of halogens is 1. The molecule has 1 aromatic rings. The summed E-state index contributed by atoms with van der Waals surface area (Å²) in [6, 6.07) is 3.59. The first-order valence-corrected chi connectivity index (χ1v) is 9.08. The molecule has 1 aromatic carbocycles. The van der Waals surface area contributed by atoms with Crippen molar-refractivity contribution in [3.8, 4) is 23.8 Å². The molecular formula is C18H22BrN3O4. The molecular weight excluding hydrogens is 402 g/mol. The number of benzene rings is 1. The first-order chi connectivity index (χ1) is 12.6. The third kappa shape index (κ3) is 6.33. The largest absolute Gasteiger partial charge is 0.490 e. The molecule has 1 saturated heterocycles. The Bertz CT molecular complexity index is 682. The lowest BCUT2D eigenvalue weighted by molar-refractivity contribution is -0.123. The second-order valence-corrected chi connectivity index (χ2v) is 6.29. The van der Waals surface area contributed by atoms with Crippen LogP contribution in [0.3, 0.4) is 0 Å². The smallest absolute Gasteiger partial charge is 0.254 e. The number of nitrogens with zero attached hydrogens (tertiary/aromatic N) is 2. The van der Waals surface area contributed by atoms with Crippen LogP contribution in [0.4, 0.5) is 0 Å². The zero-order valence-corrected chi connectivity index (χ0v) is 16.3. The molecule has 1 aliphatic heterocycles. The van der Waals surface area contributed by atoms with Crippen molar-refractivity contribution in [3.05, 3.63) is 22.2 Å². The highest BCUT2D eigenvalue weighted by Gasteiger charge is 2.14. The van der Waals surface area contributed by atoms with Crippen molar-refractivity contribution < 1.29 is 19.0 Å². The lowest BCUT2D eigenvalue weighted by atomic mass is 10.2. The van der Waals surface area contributed by atoms with E-state index in [-0.39, 0.29) is 12.5 Å². The average molecular weight is 424 g/mol. The molecule has 1 amide bonds. The first-order valence-electron chi connectivity index (χ1n) is 8.28. The predicted octanol–water partition coefficient (Wildman–Crippen LogP) is 1.64.